The number of nitrogens with one attached hydrogen (secondary N) is 1. The van der Waals surface area contributed by atoms with Crippen LogP contribution in [0.15, 0.2) is 30.5 Å². The zero-order valence-electron chi connectivity index (χ0n) is 16.0. The van der Waals surface area contributed by atoms with Crippen molar-refractivity contribution in [1.82, 2.24) is 19.7 Å². The molecule has 4 rings (SSSR count). The zero-order chi connectivity index (χ0) is 18.8. The fraction of sp³-hybridized carbons (Fsp3) is 0.524. The highest BCUT2D eigenvalue weighted by atomic mass is 16.2. The van der Waals surface area contributed by atoms with Gasteiger partial charge in [0.15, 0.2) is 0 Å². The van der Waals surface area contributed by atoms with Gasteiger partial charge in [-0.1, -0.05) is 6.07 Å². The van der Waals surface area contributed by atoms with Crippen LogP contribution in [0.4, 0.5) is 0 Å². The zero-order valence-corrected chi connectivity index (χ0v) is 16.0. The van der Waals surface area contributed by atoms with Crippen molar-refractivity contribution >= 4 is 22.7 Å². The number of rotatable bonds is 3. The number of likely N-dealkylation sites (tertiary alicyclic amines) is 1. The maximum absolute atomic E-state index is 12.8. The van der Waals surface area contributed by atoms with Crippen molar-refractivity contribution in [2.24, 2.45) is 0 Å². The summed E-state index contributed by atoms with van der Waals surface area (Å²) in [6, 6.07) is 8.16. The SMILES string of the molecule is C[C@H]1CCCCN1C(=O)CN1CCN(C(=O)c2ccc3cc[nH]c3c2)CC1. The second-order valence-corrected chi connectivity index (χ2v) is 7.78. The van der Waals surface area contributed by atoms with Gasteiger partial charge in [0.2, 0.25) is 5.91 Å². The molecule has 2 saturated heterocycles. The normalized spacial score (nSPS) is 21.6. The number of hydrogen-bond donors (Lipinski definition) is 1. The second-order valence-electron chi connectivity index (χ2n) is 7.78. The number of piperidine rings is 1. The number of H-pyrrole nitrogens is 1. The number of aromatic nitrogens is 1. The fourth-order valence-electron chi connectivity index (χ4n) is 4.22. The number of carbonyl (C=O) groups excluding carboxylic acids is 2. The van der Waals surface area contributed by atoms with Crippen molar-refractivity contribution in [2.75, 3.05) is 39.3 Å². The summed E-state index contributed by atoms with van der Waals surface area (Å²) in [7, 11) is 0. The third-order valence-corrected chi connectivity index (χ3v) is 5.94. The number of aromatic amines is 1. The number of amides is 2. The largest absolute Gasteiger partial charge is 0.361 e. The van der Waals surface area contributed by atoms with E-state index < -0.39 is 0 Å². The van der Waals surface area contributed by atoms with Gasteiger partial charge in [-0.3, -0.25) is 14.5 Å². The highest BCUT2D eigenvalue weighted by Gasteiger charge is 2.27. The Morgan fingerprint density at radius 2 is 1.89 bits per heavy atom. The summed E-state index contributed by atoms with van der Waals surface area (Å²) in [5, 5.41) is 1.11. The summed E-state index contributed by atoms with van der Waals surface area (Å²) in [6.07, 6.45) is 5.33. The Morgan fingerprint density at radius 1 is 1.07 bits per heavy atom. The van der Waals surface area contributed by atoms with Gasteiger partial charge in [-0.25, -0.2) is 0 Å². The van der Waals surface area contributed by atoms with E-state index in [0.29, 0.717) is 25.7 Å². The quantitative estimate of drug-likeness (QED) is 0.905. The lowest BCUT2D eigenvalue weighted by molar-refractivity contribution is -0.136. The number of hydrogen-bond acceptors (Lipinski definition) is 3. The van der Waals surface area contributed by atoms with Crippen LogP contribution in [0.2, 0.25) is 0 Å². The lowest BCUT2D eigenvalue weighted by Crippen LogP contribution is -2.53. The molecule has 2 aliphatic heterocycles. The third kappa shape index (κ3) is 3.86. The molecule has 144 valence electrons. The van der Waals surface area contributed by atoms with Crippen LogP contribution in [-0.2, 0) is 4.79 Å². The van der Waals surface area contributed by atoms with Gasteiger partial charge in [-0.2, -0.15) is 0 Å². The van der Waals surface area contributed by atoms with Crippen molar-refractivity contribution in [2.45, 2.75) is 32.2 Å². The van der Waals surface area contributed by atoms with Crippen molar-refractivity contribution in [3.05, 3.63) is 36.0 Å². The summed E-state index contributed by atoms with van der Waals surface area (Å²) < 4.78 is 0. The van der Waals surface area contributed by atoms with E-state index in [1.54, 1.807) is 0 Å². The summed E-state index contributed by atoms with van der Waals surface area (Å²) in [4.78, 5) is 34.7. The van der Waals surface area contributed by atoms with Crippen LogP contribution >= 0.6 is 0 Å². The van der Waals surface area contributed by atoms with E-state index in [1.165, 1.54) is 6.42 Å². The molecule has 2 amide bonds. The van der Waals surface area contributed by atoms with E-state index >= 15 is 0 Å². The van der Waals surface area contributed by atoms with E-state index in [9.17, 15) is 9.59 Å². The molecule has 0 aliphatic carbocycles. The Balaban J connectivity index is 1.31. The minimum absolute atomic E-state index is 0.0714. The van der Waals surface area contributed by atoms with Crippen LogP contribution in [0.5, 0.6) is 0 Å². The molecule has 2 aliphatic rings. The fourth-order valence-corrected chi connectivity index (χ4v) is 4.22. The molecule has 0 bridgehead atoms. The summed E-state index contributed by atoms with van der Waals surface area (Å²) in [6.45, 7) is 6.36. The molecule has 0 unspecified atom stereocenters. The van der Waals surface area contributed by atoms with Crippen LogP contribution in [-0.4, -0.2) is 76.8 Å². The number of benzene rings is 1. The lowest BCUT2D eigenvalue weighted by Gasteiger charge is -2.38. The van der Waals surface area contributed by atoms with Crippen molar-refractivity contribution in [3.8, 4) is 0 Å². The molecule has 0 spiro atoms. The first-order chi connectivity index (χ1) is 13.1. The van der Waals surface area contributed by atoms with Gasteiger partial charge in [0.1, 0.15) is 0 Å². The standard InChI is InChI=1S/C21H28N4O2/c1-16-4-2-3-9-25(16)20(26)15-23-10-12-24(13-11-23)21(27)18-6-5-17-7-8-22-19(17)14-18/h5-8,14,16,22H,2-4,9-13,15H2,1H3/t16-/m0/s1. The first-order valence-electron chi connectivity index (χ1n) is 10.00. The molecule has 2 fully saturated rings. The molecule has 1 N–H and O–H groups in total. The molecule has 27 heavy (non-hydrogen) atoms. The molecule has 1 aromatic heterocycles. The Morgan fingerprint density at radius 3 is 2.67 bits per heavy atom. The van der Waals surface area contributed by atoms with Crippen molar-refractivity contribution in [1.29, 1.82) is 0 Å². The topological polar surface area (TPSA) is 59.7 Å². The molecule has 1 aromatic carbocycles. The summed E-state index contributed by atoms with van der Waals surface area (Å²) in [5.74, 6) is 0.307. The van der Waals surface area contributed by atoms with Crippen molar-refractivity contribution < 1.29 is 9.59 Å². The van der Waals surface area contributed by atoms with Gasteiger partial charge in [-0.05, 0) is 49.8 Å². The van der Waals surface area contributed by atoms with Crippen LogP contribution < -0.4 is 0 Å². The summed E-state index contributed by atoms with van der Waals surface area (Å²) >= 11 is 0. The van der Waals surface area contributed by atoms with E-state index in [-0.39, 0.29) is 11.8 Å². The molecule has 3 heterocycles. The number of carbonyl (C=O) groups is 2. The molecule has 2 aromatic rings. The Bertz CT molecular complexity index is 822. The van der Waals surface area contributed by atoms with Gasteiger partial charge in [0, 0.05) is 56.0 Å². The van der Waals surface area contributed by atoms with E-state index in [0.717, 1.165) is 48.9 Å². The van der Waals surface area contributed by atoms with E-state index in [4.69, 9.17) is 0 Å². The molecular weight excluding hydrogens is 340 g/mol. The van der Waals surface area contributed by atoms with E-state index in [2.05, 4.69) is 16.8 Å². The molecule has 6 nitrogen and oxygen atoms in total. The van der Waals surface area contributed by atoms with Gasteiger partial charge >= 0.3 is 0 Å². The molecular formula is C21H28N4O2. The minimum Gasteiger partial charge on any atom is -0.361 e. The Labute approximate surface area is 160 Å². The van der Waals surface area contributed by atoms with Crippen LogP contribution in [0.3, 0.4) is 0 Å². The predicted molar refractivity (Wildman–Crippen MR) is 106 cm³/mol. The smallest absolute Gasteiger partial charge is 0.254 e. The highest BCUT2D eigenvalue weighted by molar-refractivity contribution is 5.98. The first-order valence-corrected chi connectivity index (χ1v) is 10.00. The van der Waals surface area contributed by atoms with Gasteiger partial charge < -0.3 is 14.8 Å². The van der Waals surface area contributed by atoms with E-state index in [1.807, 2.05) is 40.3 Å². The average molecular weight is 368 g/mol. The molecule has 1 atom stereocenters. The molecule has 0 radical (unpaired) electrons. The van der Waals surface area contributed by atoms with Crippen LogP contribution in [0.1, 0.15) is 36.5 Å². The second kappa shape index (κ2) is 7.72. The van der Waals surface area contributed by atoms with Crippen LogP contribution in [0, 0.1) is 0 Å². The molecule has 6 heteroatoms. The highest BCUT2D eigenvalue weighted by Crippen LogP contribution is 2.18. The Kier molecular flexibility index (Phi) is 5.16. The monoisotopic (exact) mass is 368 g/mol. The van der Waals surface area contributed by atoms with Gasteiger partial charge in [-0.15, -0.1) is 0 Å². The van der Waals surface area contributed by atoms with Gasteiger partial charge in [0.25, 0.3) is 5.91 Å². The Hall–Kier alpha value is -2.34. The lowest BCUT2D eigenvalue weighted by atomic mass is 10.0. The summed E-state index contributed by atoms with van der Waals surface area (Å²) in [5.41, 5.74) is 1.71. The van der Waals surface area contributed by atoms with Crippen LogP contribution in [0.25, 0.3) is 10.9 Å². The maximum Gasteiger partial charge on any atom is 0.254 e. The van der Waals surface area contributed by atoms with Crippen molar-refractivity contribution in [3.63, 3.8) is 0 Å². The number of piperazine rings is 1. The average Bonchev–Trinajstić information content (AvgIpc) is 3.16. The van der Waals surface area contributed by atoms with Gasteiger partial charge in [0.05, 0.1) is 6.54 Å². The first kappa shape index (κ1) is 18.0. The number of fused-ring (bicyclic) bond motifs is 1. The predicted octanol–water partition coefficient (Wildman–Crippen LogP) is 2.33. The molecule has 0 saturated carbocycles. The maximum atomic E-state index is 12.8. The minimum atomic E-state index is 0.0714. The number of nitrogens with zero attached hydrogens (tertiary/aromatic N) is 3. The third-order valence-electron chi connectivity index (χ3n) is 5.94.